The predicted octanol–water partition coefficient (Wildman–Crippen LogP) is 4.29. The van der Waals surface area contributed by atoms with Crippen molar-refractivity contribution in [2.24, 2.45) is 11.8 Å². The van der Waals surface area contributed by atoms with Crippen LogP contribution in [0.15, 0.2) is 24.3 Å². The van der Waals surface area contributed by atoms with E-state index in [4.69, 9.17) is 0 Å². The number of aryl methyl sites for hydroxylation is 1. The molecule has 0 amide bonds. The lowest BCUT2D eigenvalue weighted by Gasteiger charge is -2.33. The Morgan fingerprint density at radius 1 is 1.14 bits per heavy atom. The van der Waals surface area contributed by atoms with Gasteiger partial charge in [0.1, 0.15) is 5.25 Å². The molecule has 0 spiro atoms. The molecule has 1 aromatic rings. The van der Waals surface area contributed by atoms with E-state index in [0.29, 0.717) is 11.1 Å². The van der Waals surface area contributed by atoms with Gasteiger partial charge in [-0.3, -0.25) is 4.55 Å². The van der Waals surface area contributed by atoms with E-state index in [0.717, 1.165) is 0 Å². The van der Waals surface area contributed by atoms with Gasteiger partial charge in [-0.25, -0.2) is 0 Å². The van der Waals surface area contributed by atoms with E-state index in [-0.39, 0.29) is 25.7 Å². The van der Waals surface area contributed by atoms with Gasteiger partial charge in [0.15, 0.2) is 0 Å². The summed E-state index contributed by atoms with van der Waals surface area (Å²) in [6, 6.07) is 6.76. The first-order valence-electron chi connectivity index (χ1n) is 7.19. The maximum atomic E-state index is 12.7. The normalized spacial score (nSPS) is 25.0. The lowest BCUT2D eigenvalue weighted by atomic mass is 9.78. The monoisotopic (exact) mass is 336 g/mol. The Hall–Kier alpha value is -1.08. The molecule has 0 heterocycles. The van der Waals surface area contributed by atoms with Crippen LogP contribution in [-0.4, -0.2) is 19.1 Å². The topological polar surface area (TPSA) is 54.4 Å². The van der Waals surface area contributed by atoms with Crippen LogP contribution in [-0.2, 0) is 10.1 Å². The third kappa shape index (κ3) is 3.81. The molecule has 1 saturated carbocycles. The molecule has 1 aliphatic carbocycles. The summed E-state index contributed by atoms with van der Waals surface area (Å²) in [5, 5.41) is -1.15. The second-order valence-electron chi connectivity index (χ2n) is 5.95. The van der Waals surface area contributed by atoms with E-state index >= 15 is 0 Å². The summed E-state index contributed by atoms with van der Waals surface area (Å²) >= 11 is 0. The van der Waals surface area contributed by atoms with Gasteiger partial charge < -0.3 is 0 Å². The molecular formula is C15H19F3O3S. The van der Waals surface area contributed by atoms with Gasteiger partial charge in [-0.15, -0.1) is 0 Å². The third-order valence-electron chi connectivity index (χ3n) is 4.48. The fraction of sp³-hybridized carbons (Fsp3) is 0.600. The predicted molar refractivity (Wildman–Crippen MR) is 77.0 cm³/mol. The molecule has 1 aromatic carbocycles. The van der Waals surface area contributed by atoms with Crippen LogP contribution in [0.4, 0.5) is 13.2 Å². The maximum Gasteiger partial charge on any atom is 0.391 e. The van der Waals surface area contributed by atoms with Gasteiger partial charge in [-0.1, -0.05) is 24.3 Å². The minimum Gasteiger partial charge on any atom is -0.285 e. The van der Waals surface area contributed by atoms with E-state index in [1.165, 1.54) is 0 Å². The van der Waals surface area contributed by atoms with Crippen LogP contribution in [0, 0.1) is 18.8 Å². The fourth-order valence-electron chi connectivity index (χ4n) is 3.31. The lowest BCUT2D eigenvalue weighted by Crippen LogP contribution is -2.32. The SMILES string of the molecule is Cc1ccccc1C(C1CCC(C(F)(F)F)CC1)S(=O)(=O)O. The van der Waals surface area contributed by atoms with Crippen molar-refractivity contribution in [2.75, 3.05) is 0 Å². The van der Waals surface area contributed by atoms with Crippen molar-refractivity contribution in [1.29, 1.82) is 0 Å². The standard InChI is InChI=1S/C15H19F3O3S/c1-10-4-2-3-5-13(10)14(22(19,20)21)11-6-8-12(9-7-11)15(16,17)18/h2-5,11-12,14H,6-9H2,1H3,(H,19,20,21). The van der Waals surface area contributed by atoms with Crippen molar-refractivity contribution in [3.63, 3.8) is 0 Å². The van der Waals surface area contributed by atoms with Gasteiger partial charge in [-0.2, -0.15) is 21.6 Å². The number of rotatable bonds is 3. The number of hydrogen-bond donors (Lipinski definition) is 1. The minimum atomic E-state index is -4.37. The average molecular weight is 336 g/mol. The first kappa shape index (κ1) is 17.3. The van der Waals surface area contributed by atoms with Crippen LogP contribution in [0.25, 0.3) is 0 Å². The van der Waals surface area contributed by atoms with E-state index in [1.807, 2.05) is 0 Å². The zero-order valence-corrected chi connectivity index (χ0v) is 13.0. The van der Waals surface area contributed by atoms with Gasteiger partial charge in [0, 0.05) is 0 Å². The molecule has 1 aliphatic rings. The number of alkyl halides is 3. The summed E-state index contributed by atoms with van der Waals surface area (Å²) in [4.78, 5) is 0. The van der Waals surface area contributed by atoms with Crippen LogP contribution < -0.4 is 0 Å². The first-order chi connectivity index (χ1) is 10.1. The molecule has 124 valence electrons. The smallest absolute Gasteiger partial charge is 0.285 e. The molecule has 0 saturated heterocycles. The summed E-state index contributed by atoms with van der Waals surface area (Å²) in [6.07, 6.45) is -4.13. The van der Waals surface area contributed by atoms with Crippen molar-refractivity contribution in [1.82, 2.24) is 0 Å². The van der Waals surface area contributed by atoms with Crippen molar-refractivity contribution in [2.45, 2.75) is 44.0 Å². The van der Waals surface area contributed by atoms with Crippen LogP contribution in [0.2, 0.25) is 0 Å². The Bertz CT molecular complexity index is 617. The zero-order chi connectivity index (χ0) is 16.5. The summed E-state index contributed by atoms with van der Waals surface area (Å²) in [7, 11) is -4.37. The Morgan fingerprint density at radius 3 is 2.14 bits per heavy atom. The quantitative estimate of drug-likeness (QED) is 0.838. The van der Waals surface area contributed by atoms with E-state index in [9.17, 15) is 26.1 Å². The van der Waals surface area contributed by atoms with Gasteiger partial charge in [-0.05, 0) is 49.7 Å². The molecule has 0 radical (unpaired) electrons. The van der Waals surface area contributed by atoms with Crippen molar-refractivity contribution in [3.8, 4) is 0 Å². The van der Waals surface area contributed by atoms with Gasteiger partial charge in [0.05, 0.1) is 5.92 Å². The highest BCUT2D eigenvalue weighted by atomic mass is 32.2. The molecule has 3 nitrogen and oxygen atoms in total. The number of halogens is 3. The van der Waals surface area contributed by atoms with E-state index < -0.39 is 33.4 Å². The Kier molecular flexibility index (Phi) is 4.87. The molecule has 2 rings (SSSR count). The lowest BCUT2D eigenvalue weighted by molar-refractivity contribution is -0.183. The molecular weight excluding hydrogens is 317 g/mol. The maximum absolute atomic E-state index is 12.7. The van der Waals surface area contributed by atoms with Gasteiger partial charge in [0.2, 0.25) is 0 Å². The molecule has 1 atom stereocenters. The Labute approximate surface area is 128 Å². The molecule has 22 heavy (non-hydrogen) atoms. The van der Waals surface area contributed by atoms with Gasteiger partial charge >= 0.3 is 6.18 Å². The largest absolute Gasteiger partial charge is 0.391 e. The van der Waals surface area contributed by atoms with Crippen LogP contribution in [0.5, 0.6) is 0 Å². The van der Waals surface area contributed by atoms with Crippen LogP contribution in [0.1, 0.15) is 42.1 Å². The highest BCUT2D eigenvalue weighted by Gasteiger charge is 2.44. The second kappa shape index (κ2) is 6.20. The second-order valence-corrected chi connectivity index (χ2v) is 7.48. The van der Waals surface area contributed by atoms with Crippen LogP contribution in [0.3, 0.4) is 0 Å². The summed E-state index contributed by atoms with van der Waals surface area (Å²) in [5.41, 5.74) is 1.18. The minimum absolute atomic E-state index is 0.0912. The highest BCUT2D eigenvalue weighted by molar-refractivity contribution is 7.86. The molecule has 7 heteroatoms. The molecule has 0 aliphatic heterocycles. The third-order valence-corrected chi connectivity index (χ3v) is 5.76. The van der Waals surface area contributed by atoms with Crippen LogP contribution >= 0.6 is 0 Å². The molecule has 0 aromatic heterocycles. The van der Waals surface area contributed by atoms with E-state index in [1.54, 1.807) is 31.2 Å². The molecule has 1 N–H and O–H groups in total. The summed E-state index contributed by atoms with van der Waals surface area (Å²) in [5.74, 6) is -1.86. The van der Waals surface area contributed by atoms with Crippen molar-refractivity contribution in [3.05, 3.63) is 35.4 Å². The van der Waals surface area contributed by atoms with Crippen molar-refractivity contribution >= 4 is 10.1 Å². The first-order valence-corrected chi connectivity index (χ1v) is 8.69. The molecule has 1 fully saturated rings. The number of benzene rings is 1. The Balaban J connectivity index is 2.25. The summed E-state index contributed by atoms with van der Waals surface area (Å²) in [6.45, 7) is 1.73. The molecule has 0 bridgehead atoms. The Morgan fingerprint density at radius 2 is 1.68 bits per heavy atom. The van der Waals surface area contributed by atoms with Gasteiger partial charge in [0.25, 0.3) is 10.1 Å². The number of hydrogen-bond acceptors (Lipinski definition) is 2. The zero-order valence-electron chi connectivity index (χ0n) is 12.2. The van der Waals surface area contributed by atoms with E-state index in [2.05, 4.69) is 0 Å². The van der Waals surface area contributed by atoms with Crippen molar-refractivity contribution < 1.29 is 26.1 Å². The molecule has 1 unspecified atom stereocenters. The fourth-order valence-corrected chi connectivity index (χ4v) is 4.66. The summed E-state index contributed by atoms with van der Waals surface area (Å²) < 4.78 is 71.3. The average Bonchev–Trinajstić information content (AvgIpc) is 2.39. The highest BCUT2D eigenvalue weighted by Crippen LogP contribution is 2.45.